The molecular formula is C51H26B8O. The maximum atomic E-state index is 7.12. The number of hydrogen-bond donors (Lipinski definition) is 0. The zero-order valence-electron chi connectivity index (χ0n) is 33.1. The van der Waals surface area contributed by atoms with E-state index in [1.807, 2.05) is 30.3 Å². The molecule has 0 fully saturated rings. The molecule has 0 N–H and O–H groups in total. The molecule has 0 saturated carbocycles. The minimum Gasteiger partial charge on any atom is -0.455 e. The number of hydrogen-bond acceptors (Lipinski definition) is 1. The Hall–Kier alpha value is -5.92. The van der Waals surface area contributed by atoms with Gasteiger partial charge in [0.25, 0.3) is 0 Å². The van der Waals surface area contributed by atoms with Gasteiger partial charge in [-0.1, -0.05) is 127 Å². The monoisotopic (exact) mass is 742 g/mol. The van der Waals surface area contributed by atoms with Gasteiger partial charge in [0.2, 0.25) is 0 Å². The van der Waals surface area contributed by atoms with Crippen molar-refractivity contribution in [2.24, 2.45) is 0 Å². The highest BCUT2D eigenvalue weighted by atomic mass is 16.3. The lowest BCUT2D eigenvalue weighted by Gasteiger charge is -2.29. The van der Waals surface area contributed by atoms with Gasteiger partial charge in [-0.2, -0.15) is 0 Å². The van der Waals surface area contributed by atoms with Crippen LogP contribution in [0.2, 0.25) is 0 Å². The number of furan rings is 1. The van der Waals surface area contributed by atoms with E-state index in [1.165, 1.54) is 11.1 Å². The molecule has 1 heterocycles. The van der Waals surface area contributed by atoms with Crippen molar-refractivity contribution in [3.8, 4) is 44.5 Å². The van der Waals surface area contributed by atoms with Gasteiger partial charge in [0.05, 0.1) is 0 Å². The van der Waals surface area contributed by atoms with Gasteiger partial charge in [-0.05, 0) is 113 Å². The molecule has 0 amide bonds. The molecule has 1 aliphatic rings. The maximum absolute atomic E-state index is 7.12. The first-order valence-corrected chi connectivity index (χ1v) is 19.8. The van der Waals surface area contributed by atoms with E-state index in [2.05, 4.69) is 105 Å². The van der Waals surface area contributed by atoms with E-state index >= 15 is 0 Å². The molecule has 260 valence electrons. The SMILES string of the molecule is [B]c1c([B])c([B])c2c(-c3ccc4oc5c6ccccc6ccc5c4c3)c3c([B])c([B])c([B])c([B])c3c(-c3ccc4c(c3)C(C)(C)c3cc(-c5ccccc5)ccc3-4)c2c1[B]. The molecule has 10 aromatic rings. The number of fused-ring (bicyclic) bond motifs is 10. The summed E-state index contributed by atoms with van der Waals surface area (Å²) in [5.41, 5.74) is 12.8. The average molecular weight is 741 g/mol. The number of benzene rings is 9. The molecule has 0 atom stereocenters. The molecule has 16 radical (unpaired) electrons. The summed E-state index contributed by atoms with van der Waals surface area (Å²) in [6.07, 6.45) is 0. The molecule has 0 aliphatic heterocycles. The molecule has 1 aromatic heterocycles. The van der Waals surface area contributed by atoms with E-state index in [9.17, 15) is 0 Å². The van der Waals surface area contributed by atoms with Crippen molar-refractivity contribution in [3.63, 3.8) is 0 Å². The maximum Gasteiger partial charge on any atom is 0.143 e. The molecule has 60 heavy (non-hydrogen) atoms. The average Bonchev–Trinajstić information content (AvgIpc) is 3.76. The minimum absolute atomic E-state index is 0.169. The Morgan fingerprint density at radius 1 is 0.383 bits per heavy atom. The van der Waals surface area contributed by atoms with E-state index in [1.54, 1.807) is 0 Å². The van der Waals surface area contributed by atoms with Crippen LogP contribution < -0.4 is 43.7 Å². The molecule has 1 aliphatic carbocycles. The van der Waals surface area contributed by atoms with E-state index < -0.39 is 0 Å². The van der Waals surface area contributed by atoms with E-state index in [0.717, 1.165) is 66.1 Å². The van der Waals surface area contributed by atoms with Gasteiger partial charge in [0.15, 0.2) is 0 Å². The van der Waals surface area contributed by atoms with Crippen molar-refractivity contribution >= 4 is 161 Å². The first kappa shape index (κ1) is 37.1. The van der Waals surface area contributed by atoms with Crippen LogP contribution in [0.3, 0.4) is 0 Å². The normalized spacial score (nSPS) is 13.2. The van der Waals surface area contributed by atoms with Gasteiger partial charge in [0.1, 0.15) is 73.9 Å². The highest BCUT2D eigenvalue weighted by Crippen LogP contribution is 2.52. The molecule has 1 nitrogen and oxygen atoms in total. The molecule has 9 heteroatoms. The van der Waals surface area contributed by atoms with Crippen molar-refractivity contribution in [1.29, 1.82) is 0 Å². The number of rotatable bonds is 3. The molecule has 9 aromatic carbocycles. The second-order valence-corrected chi connectivity index (χ2v) is 16.5. The van der Waals surface area contributed by atoms with Crippen molar-refractivity contribution in [2.75, 3.05) is 0 Å². The van der Waals surface area contributed by atoms with Gasteiger partial charge < -0.3 is 4.42 Å². The van der Waals surface area contributed by atoms with Gasteiger partial charge in [0, 0.05) is 21.6 Å². The Bertz CT molecular complexity index is 3470. The molecular weight excluding hydrogens is 715 g/mol. The van der Waals surface area contributed by atoms with Crippen LogP contribution in [0, 0.1) is 0 Å². The van der Waals surface area contributed by atoms with E-state index in [4.69, 9.17) is 67.2 Å². The third-order valence-electron chi connectivity index (χ3n) is 13.0. The Morgan fingerprint density at radius 2 is 0.867 bits per heavy atom. The van der Waals surface area contributed by atoms with Gasteiger partial charge >= 0.3 is 0 Å². The zero-order valence-corrected chi connectivity index (χ0v) is 33.1. The van der Waals surface area contributed by atoms with Crippen LogP contribution in [0.25, 0.3) is 98.8 Å². The predicted molar refractivity (Wildman–Crippen MR) is 263 cm³/mol. The molecule has 0 spiro atoms. The topological polar surface area (TPSA) is 13.1 Å². The van der Waals surface area contributed by atoms with Crippen LogP contribution in [-0.2, 0) is 5.41 Å². The Labute approximate surface area is 359 Å². The van der Waals surface area contributed by atoms with Crippen molar-refractivity contribution < 1.29 is 4.42 Å². The lowest BCUT2D eigenvalue weighted by Crippen LogP contribution is -2.50. The second kappa shape index (κ2) is 13.0. The van der Waals surface area contributed by atoms with Crippen LogP contribution in [0.1, 0.15) is 25.0 Å². The van der Waals surface area contributed by atoms with Crippen molar-refractivity contribution in [2.45, 2.75) is 19.3 Å². The molecule has 0 saturated heterocycles. The largest absolute Gasteiger partial charge is 0.455 e. The fraction of sp³-hybridized carbons (Fsp3) is 0.0588. The highest BCUT2D eigenvalue weighted by Gasteiger charge is 2.36. The summed E-state index contributed by atoms with van der Waals surface area (Å²) in [5.74, 6) is 0. The van der Waals surface area contributed by atoms with Gasteiger partial charge in [-0.3, -0.25) is 0 Å². The van der Waals surface area contributed by atoms with Crippen LogP contribution >= 0.6 is 0 Å². The zero-order chi connectivity index (χ0) is 41.5. The predicted octanol–water partition coefficient (Wildman–Crippen LogP) is 4.70. The van der Waals surface area contributed by atoms with Crippen molar-refractivity contribution in [3.05, 3.63) is 132 Å². The summed E-state index contributed by atoms with van der Waals surface area (Å²) < 4.78 is 6.51. The summed E-state index contributed by atoms with van der Waals surface area (Å²) >= 11 is 0. The summed E-state index contributed by atoms with van der Waals surface area (Å²) in [6, 6.07) is 41.9. The van der Waals surface area contributed by atoms with Gasteiger partial charge in [-0.15, -0.1) is 21.9 Å². The standard InChI is InChI=1S/C51H26B8O/c1-51(2)33-21-25(23-8-4-3-5-9-23)13-16-29(33)30-17-14-27(22-34(30)51)37-40-38(42(52)46(56)48(58)44(40)54)36(39-41(37)45(55)49(59)47(57)43(39)53)26-15-19-35-32(20-26)31-18-12-24-10-6-7-11-28(24)50(31)60-35/h3-22H,1-2H3. The van der Waals surface area contributed by atoms with Crippen LogP contribution in [0.15, 0.2) is 126 Å². The van der Waals surface area contributed by atoms with Gasteiger partial charge in [-0.25, -0.2) is 0 Å². The highest BCUT2D eigenvalue weighted by molar-refractivity contribution is 6.71. The Balaban J connectivity index is 1.24. The third-order valence-corrected chi connectivity index (χ3v) is 13.0. The Kier molecular flexibility index (Phi) is 8.06. The fourth-order valence-electron chi connectivity index (χ4n) is 9.89. The van der Waals surface area contributed by atoms with Crippen LogP contribution in [0.5, 0.6) is 0 Å². The van der Waals surface area contributed by atoms with Crippen LogP contribution in [0.4, 0.5) is 0 Å². The lowest BCUT2D eigenvalue weighted by atomic mass is 9.59. The first-order valence-electron chi connectivity index (χ1n) is 19.8. The van der Waals surface area contributed by atoms with Crippen molar-refractivity contribution in [1.82, 2.24) is 0 Å². The molecule has 0 bridgehead atoms. The summed E-state index contributed by atoms with van der Waals surface area (Å²) in [7, 11) is 55.4. The first-order chi connectivity index (χ1) is 28.9. The smallest absolute Gasteiger partial charge is 0.143 e. The molecule has 11 rings (SSSR count). The fourth-order valence-corrected chi connectivity index (χ4v) is 9.89. The third kappa shape index (κ3) is 4.99. The van der Waals surface area contributed by atoms with E-state index in [-0.39, 0.29) is 49.1 Å². The summed E-state index contributed by atoms with van der Waals surface area (Å²) in [4.78, 5) is 0. The Morgan fingerprint density at radius 3 is 1.45 bits per heavy atom. The lowest BCUT2D eigenvalue weighted by molar-refractivity contribution is 0.661. The van der Waals surface area contributed by atoms with Crippen LogP contribution in [-0.4, -0.2) is 62.8 Å². The van der Waals surface area contributed by atoms with E-state index in [0.29, 0.717) is 32.7 Å². The summed E-state index contributed by atoms with van der Waals surface area (Å²) in [6.45, 7) is 4.51. The minimum atomic E-state index is -0.368. The molecule has 0 unspecified atom stereocenters. The summed E-state index contributed by atoms with van der Waals surface area (Å²) in [5, 5.41) is 6.28. The quantitative estimate of drug-likeness (QED) is 0.189. The second-order valence-electron chi connectivity index (χ2n) is 16.5.